The number of hydrogen-bond acceptors (Lipinski definition) is 6. The molecule has 2 aromatic heterocycles. The monoisotopic (exact) mass is 304 g/mol. The Hall–Kier alpha value is -2.64. The van der Waals surface area contributed by atoms with Crippen LogP contribution < -0.4 is 15.0 Å². The zero-order chi connectivity index (χ0) is 16.3. The van der Waals surface area contributed by atoms with E-state index in [-0.39, 0.29) is 12.5 Å². The zero-order valence-corrected chi connectivity index (χ0v) is 13.4. The molecular formula is C14H20N6O2. The topological polar surface area (TPSA) is 85.2 Å². The van der Waals surface area contributed by atoms with Gasteiger partial charge in [-0.3, -0.25) is 9.48 Å². The number of ether oxygens (including phenoxy) is 1. The van der Waals surface area contributed by atoms with Crippen LogP contribution in [-0.4, -0.2) is 46.9 Å². The number of carbonyl (C=O) groups excluding carboxylic acids is 1. The maximum Gasteiger partial charge on any atom is 0.258 e. The number of anilines is 1. The highest BCUT2D eigenvalue weighted by Gasteiger charge is 2.16. The van der Waals surface area contributed by atoms with Crippen molar-refractivity contribution < 1.29 is 9.53 Å². The summed E-state index contributed by atoms with van der Waals surface area (Å²) in [5.41, 5.74) is 1.23. The first-order chi connectivity index (χ1) is 10.4. The molecule has 8 heteroatoms. The fraction of sp³-hybridized carbons (Fsp3) is 0.429. The number of nitrogens with one attached hydrogen (secondary N) is 1. The van der Waals surface area contributed by atoms with Crippen LogP contribution in [0.4, 0.5) is 5.82 Å². The van der Waals surface area contributed by atoms with Crippen molar-refractivity contribution in [3.63, 3.8) is 0 Å². The molecule has 22 heavy (non-hydrogen) atoms. The van der Waals surface area contributed by atoms with Crippen LogP contribution in [0.3, 0.4) is 0 Å². The standard InChI is InChI=1S/C14H20N6O2/c1-9-6-12(19(2)3)17-11(16-9)7-15-13(21)10-8-20(4)18-14(10)22-5/h6,8H,7H2,1-5H3,(H,15,21). The minimum absolute atomic E-state index is 0.236. The van der Waals surface area contributed by atoms with Crippen LogP contribution >= 0.6 is 0 Å². The third-order valence-electron chi connectivity index (χ3n) is 2.99. The smallest absolute Gasteiger partial charge is 0.258 e. The van der Waals surface area contributed by atoms with E-state index in [0.29, 0.717) is 17.3 Å². The quantitative estimate of drug-likeness (QED) is 0.867. The SMILES string of the molecule is COc1nn(C)cc1C(=O)NCc1nc(C)cc(N(C)C)n1. The molecule has 1 N–H and O–H groups in total. The molecule has 0 fully saturated rings. The lowest BCUT2D eigenvalue weighted by atomic mass is 10.3. The van der Waals surface area contributed by atoms with Crippen molar-refractivity contribution in [1.29, 1.82) is 0 Å². The van der Waals surface area contributed by atoms with E-state index < -0.39 is 0 Å². The van der Waals surface area contributed by atoms with Crippen LogP contribution in [0, 0.1) is 6.92 Å². The van der Waals surface area contributed by atoms with Gasteiger partial charge in [0, 0.05) is 39.1 Å². The highest BCUT2D eigenvalue weighted by molar-refractivity contribution is 5.96. The predicted octanol–water partition coefficient (Wildman–Crippen LogP) is 0.523. The molecule has 0 spiro atoms. The fourth-order valence-corrected chi connectivity index (χ4v) is 1.95. The van der Waals surface area contributed by atoms with Gasteiger partial charge >= 0.3 is 0 Å². The third-order valence-corrected chi connectivity index (χ3v) is 2.99. The van der Waals surface area contributed by atoms with Gasteiger partial charge in [0.25, 0.3) is 5.91 Å². The molecule has 0 saturated carbocycles. The highest BCUT2D eigenvalue weighted by atomic mass is 16.5. The molecule has 1 amide bonds. The van der Waals surface area contributed by atoms with Crippen LogP contribution in [0.25, 0.3) is 0 Å². The van der Waals surface area contributed by atoms with Crippen molar-refractivity contribution in [1.82, 2.24) is 25.1 Å². The summed E-state index contributed by atoms with van der Waals surface area (Å²) in [5.74, 6) is 1.37. The van der Waals surface area contributed by atoms with Gasteiger partial charge < -0.3 is 15.0 Å². The van der Waals surface area contributed by atoms with Gasteiger partial charge in [0.05, 0.1) is 13.7 Å². The van der Waals surface area contributed by atoms with Crippen LogP contribution in [-0.2, 0) is 13.6 Å². The first kappa shape index (κ1) is 15.7. The molecule has 0 saturated heterocycles. The lowest BCUT2D eigenvalue weighted by molar-refractivity contribution is 0.0946. The largest absolute Gasteiger partial charge is 0.479 e. The average molecular weight is 304 g/mol. The Labute approximate surface area is 129 Å². The Bertz CT molecular complexity index is 680. The second-order valence-corrected chi connectivity index (χ2v) is 5.09. The van der Waals surface area contributed by atoms with Crippen molar-refractivity contribution in [3.8, 4) is 5.88 Å². The molecule has 0 aliphatic rings. The molecule has 0 aliphatic heterocycles. The summed E-state index contributed by atoms with van der Waals surface area (Å²) in [6.45, 7) is 2.13. The summed E-state index contributed by atoms with van der Waals surface area (Å²) < 4.78 is 6.61. The van der Waals surface area contributed by atoms with Crippen LogP contribution in [0.15, 0.2) is 12.3 Å². The van der Waals surface area contributed by atoms with Crippen LogP contribution in [0.1, 0.15) is 21.9 Å². The van der Waals surface area contributed by atoms with E-state index in [4.69, 9.17) is 4.74 Å². The number of carbonyl (C=O) groups is 1. The number of aromatic nitrogens is 4. The third kappa shape index (κ3) is 3.51. The predicted molar refractivity (Wildman–Crippen MR) is 82.0 cm³/mol. The van der Waals surface area contributed by atoms with Gasteiger partial charge in [-0.25, -0.2) is 9.97 Å². The van der Waals surface area contributed by atoms with Gasteiger partial charge in [0.2, 0.25) is 5.88 Å². The van der Waals surface area contributed by atoms with E-state index >= 15 is 0 Å². The van der Waals surface area contributed by atoms with Crippen LogP contribution in [0.2, 0.25) is 0 Å². The minimum Gasteiger partial charge on any atom is -0.479 e. The Morgan fingerprint density at radius 1 is 1.41 bits per heavy atom. The number of hydrogen-bond donors (Lipinski definition) is 1. The molecular weight excluding hydrogens is 284 g/mol. The van der Waals surface area contributed by atoms with E-state index in [0.717, 1.165) is 11.5 Å². The summed E-state index contributed by atoms with van der Waals surface area (Å²) in [6, 6.07) is 1.88. The van der Waals surface area contributed by atoms with Crippen molar-refractivity contribution in [2.24, 2.45) is 7.05 Å². The van der Waals surface area contributed by atoms with E-state index in [2.05, 4.69) is 20.4 Å². The first-order valence-corrected chi connectivity index (χ1v) is 6.78. The van der Waals surface area contributed by atoms with Crippen molar-refractivity contribution in [2.75, 3.05) is 26.1 Å². The zero-order valence-electron chi connectivity index (χ0n) is 13.4. The molecule has 0 radical (unpaired) electrons. The molecule has 0 aliphatic carbocycles. The number of amides is 1. The molecule has 2 heterocycles. The second-order valence-electron chi connectivity index (χ2n) is 5.09. The number of rotatable bonds is 5. The van der Waals surface area contributed by atoms with Crippen LogP contribution in [0.5, 0.6) is 5.88 Å². The summed E-state index contributed by atoms with van der Waals surface area (Å²) in [4.78, 5) is 22.8. The van der Waals surface area contributed by atoms with E-state index in [1.54, 1.807) is 13.2 Å². The minimum atomic E-state index is -0.276. The molecule has 2 rings (SSSR count). The van der Waals surface area contributed by atoms with Crippen molar-refractivity contribution >= 4 is 11.7 Å². The van der Waals surface area contributed by atoms with E-state index in [1.165, 1.54) is 11.8 Å². The van der Waals surface area contributed by atoms with Crippen molar-refractivity contribution in [3.05, 3.63) is 29.3 Å². The molecule has 0 aromatic carbocycles. The molecule has 8 nitrogen and oxygen atoms in total. The first-order valence-electron chi connectivity index (χ1n) is 6.78. The Morgan fingerprint density at radius 2 is 2.14 bits per heavy atom. The van der Waals surface area contributed by atoms with Gasteiger partial charge in [-0.05, 0) is 6.92 Å². The van der Waals surface area contributed by atoms with Gasteiger partial charge in [-0.1, -0.05) is 0 Å². The molecule has 0 atom stereocenters. The lowest BCUT2D eigenvalue weighted by Crippen LogP contribution is -2.25. The maximum atomic E-state index is 12.2. The fourth-order valence-electron chi connectivity index (χ4n) is 1.95. The van der Waals surface area contributed by atoms with Crippen molar-refractivity contribution in [2.45, 2.75) is 13.5 Å². The second kappa shape index (κ2) is 6.42. The highest BCUT2D eigenvalue weighted by Crippen LogP contribution is 2.14. The normalized spacial score (nSPS) is 10.4. The number of nitrogens with zero attached hydrogens (tertiary/aromatic N) is 5. The summed E-state index contributed by atoms with van der Waals surface area (Å²) in [7, 11) is 7.02. The summed E-state index contributed by atoms with van der Waals surface area (Å²) >= 11 is 0. The molecule has 0 bridgehead atoms. The lowest BCUT2D eigenvalue weighted by Gasteiger charge is -2.13. The molecule has 0 unspecified atom stereocenters. The van der Waals surface area contributed by atoms with Gasteiger partial charge in [0.15, 0.2) is 0 Å². The molecule has 2 aromatic rings. The van der Waals surface area contributed by atoms with E-state index in [9.17, 15) is 4.79 Å². The van der Waals surface area contributed by atoms with Gasteiger partial charge in [0.1, 0.15) is 17.2 Å². The Kier molecular flexibility index (Phi) is 4.59. The Morgan fingerprint density at radius 3 is 2.77 bits per heavy atom. The number of methoxy groups -OCH3 is 1. The van der Waals surface area contributed by atoms with Gasteiger partial charge in [-0.15, -0.1) is 5.10 Å². The summed E-state index contributed by atoms with van der Waals surface area (Å²) in [5, 5.41) is 6.83. The Balaban J connectivity index is 2.11. The van der Waals surface area contributed by atoms with E-state index in [1.807, 2.05) is 32.0 Å². The molecule has 118 valence electrons. The summed E-state index contributed by atoms with van der Waals surface area (Å²) in [6.07, 6.45) is 1.61. The maximum absolute atomic E-state index is 12.2. The van der Waals surface area contributed by atoms with Gasteiger partial charge in [-0.2, -0.15) is 0 Å². The number of aryl methyl sites for hydroxylation is 2. The average Bonchev–Trinajstić information content (AvgIpc) is 2.85.